The standard InChI is InChI=1S/C24H14F2N4O3/c25-19-9-7-15(11-20(19)26)30-13-23(28-29-30)22-10-8-18-21(27-22)5-2-6-24(18)33-17-4-1-3-16(12-17)32-14-31/h1-14H. The third kappa shape index (κ3) is 4.11. The van der Waals surface area contributed by atoms with Gasteiger partial charge in [-0.1, -0.05) is 17.3 Å². The van der Waals surface area contributed by atoms with Crippen LogP contribution in [0.4, 0.5) is 8.78 Å². The van der Waals surface area contributed by atoms with Crippen LogP contribution in [0.1, 0.15) is 0 Å². The second-order valence-electron chi connectivity index (χ2n) is 6.96. The number of nitrogens with zero attached hydrogens (tertiary/aromatic N) is 4. The summed E-state index contributed by atoms with van der Waals surface area (Å²) < 4.78 is 38.9. The molecule has 2 aromatic heterocycles. The summed E-state index contributed by atoms with van der Waals surface area (Å²) in [5.74, 6) is -0.464. The molecular weight excluding hydrogens is 430 g/mol. The molecule has 5 rings (SSSR count). The van der Waals surface area contributed by atoms with Crippen LogP contribution in [0.5, 0.6) is 17.2 Å². The molecule has 9 heteroatoms. The van der Waals surface area contributed by atoms with E-state index >= 15 is 0 Å². The van der Waals surface area contributed by atoms with Gasteiger partial charge < -0.3 is 9.47 Å². The van der Waals surface area contributed by atoms with Gasteiger partial charge in [-0.05, 0) is 48.5 Å². The summed E-state index contributed by atoms with van der Waals surface area (Å²) in [5, 5.41) is 8.85. The topological polar surface area (TPSA) is 79.1 Å². The van der Waals surface area contributed by atoms with Crippen LogP contribution < -0.4 is 9.47 Å². The van der Waals surface area contributed by atoms with E-state index in [0.29, 0.717) is 46.3 Å². The van der Waals surface area contributed by atoms with Crippen LogP contribution in [0.2, 0.25) is 0 Å². The predicted molar refractivity (Wildman–Crippen MR) is 115 cm³/mol. The lowest BCUT2D eigenvalue weighted by Gasteiger charge is -2.10. The van der Waals surface area contributed by atoms with E-state index in [-0.39, 0.29) is 0 Å². The van der Waals surface area contributed by atoms with Gasteiger partial charge in [-0.15, -0.1) is 5.10 Å². The van der Waals surface area contributed by atoms with Crippen LogP contribution in [0.25, 0.3) is 28.0 Å². The molecule has 0 N–H and O–H groups in total. The molecule has 0 amide bonds. The number of ether oxygens (including phenoxy) is 2. The van der Waals surface area contributed by atoms with Gasteiger partial charge in [-0.3, -0.25) is 4.79 Å². The summed E-state index contributed by atoms with van der Waals surface area (Å²) in [6.07, 6.45) is 1.58. The van der Waals surface area contributed by atoms with Crippen molar-refractivity contribution in [2.24, 2.45) is 0 Å². The lowest BCUT2D eigenvalue weighted by molar-refractivity contribution is -0.120. The number of carbonyl (C=O) groups is 1. The fraction of sp³-hybridized carbons (Fsp3) is 0. The van der Waals surface area contributed by atoms with E-state index in [2.05, 4.69) is 15.3 Å². The Morgan fingerprint density at radius 1 is 0.848 bits per heavy atom. The largest absolute Gasteiger partial charge is 0.457 e. The van der Waals surface area contributed by atoms with Crippen LogP contribution in [-0.4, -0.2) is 26.5 Å². The molecule has 0 fully saturated rings. The fourth-order valence-corrected chi connectivity index (χ4v) is 3.29. The van der Waals surface area contributed by atoms with Crippen molar-refractivity contribution in [3.63, 3.8) is 0 Å². The average Bonchev–Trinajstić information content (AvgIpc) is 3.32. The molecule has 2 heterocycles. The Labute approximate surface area is 185 Å². The second kappa shape index (κ2) is 8.46. The van der Waals surface area contributed by atoms with E-state index in [9.17, 15) is 13.6 Å². The molecule has 0 spiro atoms. The quantitative estimate of drug-likeness (QED) is 0.340. The Balaban J connectivity index is 1.45. The van der Waals surface area contributed by atoms with E-state index in [4.69, 9.17) is 9.47 Å². The molecule has 0 bridgehead atoms. The molecule has 5 aromatic rings. The number of carbonyl (C=O) groups excluding carboxylic acids is 1. The summed E-state index contributed by atoms with van der Waals surface area (Å²) in [6.45, 7) is 0.352. The minimum atomic E-state index is -0.968. The van der Waals surface area contributed by atoms with Gasteiger partial charge >= 0.3 is 0 Å². The molecule has 0 atom stereocenters. The number of benzene rings is 3. The third-order valence-corrected chi connectivity index (χ3v) is 4.83. The van der Waals surface area contributed by atoms with Gasteiger partial charge in [0.25, 0.3) is 6.47 Å². The molecule has 0 radical (unpaired) electrons. The highest BCUT2D eigenvalue weighted by molar-refractivity contribution is 5.87. The maximum absolute atomic E-state index is 13.5. The average molecular weight is 444 g/mol. The highest BCUT2D eigenvalue weighted by atomic mass is 19.2. The molecule has 33 heavy (non-hydrogen) atoms. The molecule has 0 aliphatic carbocycles. The molecule has 0 aliphatic heterocycles. The monoisotopic (exact) mass is 444 g/mol. The van der Waals surface area contributed by atoms with Crippen molar-refractivity contribution in [3.05, 3.63) is 90.6 Å². The van der Waals surface area contributed by atoms with Crippen molar-refractivity contribution in [1.82, 2.24) is 20.0 Å². The van der Waals surface area contributed by atoms with Crippen molar-refractivity contribution in [2.45, 2.75) is 0 Å². The van der Waals surface area contributed by atoms with Gasteiger partial charge in [0.15, 0.2) is 11.6 Å². The highest BCUT2D eigenvalue weighted by Crippen LogP contribution is 2.32. The first-order valence-electron chi connectivity index (χ1n) is 9.77. The van der Waals surface area contributed by atoms with Crippen molar-refractivity contribution >= 4 is 17.4 Å². The van der Waals surface area contributed by atoms with Crippen molar-refractivity contribution < 1.29 is 23.0 Å². The number of halogens is 2. The van der Waals surface area contributed by atoms with Crippen molar-refractivity contribution in [2.75, 3.05) is 0 Å². The Bertz CT molecular complexity index is 1490. The number of aromatic nitrogens is 4. The van der Waals surface area contributed by atoms with Crippen LogP contribution in [0, 0.1) is 11.6 Å². The van der Waals surface area contributed by atoms with Crippen molar-refractivity contribution in [1.29, 1.82) is 0 Å². The zero-order chi connectivity index (χ0) is 22.8. The zero-order valence-electron chi connectivity index (χ0n) is 16.9. The van der Waals surface area contributed by atoms with E-state index in [1.54, 1.807) is 48.7 Å². The van der Waals surface area contributed by atoms with E-state index < -0.39 is 11.6 Å². The third-order valence-electron chi connectivity index (χ3n) is 4.83. The van der Waals surface area contributed by atoms with E-state index in [1.807, 2.05) is 12.1 Å². The zero-order valence-corrected chi connectivity index (χ0v) is 16.9. The molecule has 0 unspecified atom stereocenters. The maximum atomic E-state index is 13.5. The Morgan fingerprint density at radius 3 is 2.55 bits per heavy atom. The smallest absolute Gasteiger partial charge is 0.298 e. The lowest BCUT2D eigenvalue weighted by atomic mass is 10.1. The second-order valence-corrected chi connectivity index (χ2v) is 6.96. The first kappa shape index (κ1) is 20.3. The van der Waals surface area contributed by atoms with E-state index in [1.165, 1.54) is 10.7 Å². The van der Waals surface area contributed by atoms with Gasteiger partial charge in [0, 0.05) is 17.5 Å². The summed E-state index contributed by atoms with van der Waals surface area (Å²) in [7, 11) is 0. The highest BCUT2D eigenvalue weighted by Gasteiger charge is 2.12. The van der Waals surface area contributed by atoms with E-state index in [0.717, 1.165) is 17.5 Å². The molecule has 0 aliphatic rings. The number of fused-ring (bicyclic) bond motifs is 1. The van der Waals surface area contributed by atoms with Gasteiger partial charge in [0.05, 0.1) is 23.1 Å². The molecule has 3 aromatic carbocycles. The maximum Gasteiger partial charge on any atom is 0.298 e. The van der Waals surface area contributed by atoms with Crippen LogP contribution in [0.3, 0.4) is 0 Å². The number of pyridine rings is 1. The minimum Gasteiger partial charge on any atom is -0.457 e. The summed E-state index contributed by atoms with van der Waals surface area (Å²) in [6, 6.07) is 19.2. The number of hydrogen-bond acceptors (Lipinski definition) is 6. The molecule has 7 nitrogen and oxygen atoms in total. The van der Waals surface area contributed by atoms with Crippen molar-refractivity contribution in [3.8, 4) is 34.3 Å². The minimum absolute atomic E-state index is 0.338. The molecular formula is C24H14F2N4O3. The summed E-state index contributed by atoms with van der Waals surface area (Å²) in [4.78, 5) is 15.2. The SMILES string of the molecule is O=COc1cccc(Oc2cccc3nc(-c4cn(-c5ccc(F)c(F)c5)nn4)ccc23)c1. The first-order valence-corrected chi connectivity index (χ1v) is 9.77. The summed E-state index contributed by atoms with van der Waals surface area (Å²) >= 11 is 0. The molecule has 162 valence electrons. The van der Waals surface area contributed by atoms with Gasteiger partial charge in [-0.25, -0.2) is 18.4 Å². The first-order chi connectivity index (χ1) is 16.1. The Morgan fingerprint density at radius 2 is 1.70 bits per heavy atom. The normalized spacial score (nSPS) is 10.8. The number of hydrogen-bond donors (Lipinski definition) is 0. The Hall–Kier alpha value is -4.66. The van der Waals surface area contributed by atoms with Gasteiger partial charge in [-0.2, -0.15) is 0 Å². The van der Waals surface area contributed by atoms with Crippen LogP contribution in [-0.2, 0) is 4.79 Å². The Kier molecular flexibility index (Phi) is 5.19. The summed E-state index contributed by atoms with van der Waals surface area (Å²) in [5.41, 5.74) is 2.01. The fourth-order valence-electron chi connectivity index (χ4n) is 3.29. The van der Waals surface area contributed by atoms with Gasteiger partial charge in [0.2, 0.25) is 0 Å². The predicted octanol–water partition coefficient (Wildman–Crippen LogP) is 5.09. The molecule has 0 saturated carbocycles. The lowest BCUT2D eigenvalue weighted by Crippen LogP contribution is -1.96. The van der Waals surface area contributed by atoms with Crippen LogP contribution >= 0.6 is 0 Å². The number of rotatable bonds is 6. The van der Waals surface area contributed by atoms with Crippen LogP contribution in [0.15, 0.2) is 79.0 Å². The van der Waals surface area contributed by atoms with Gasteiger partial charge in [0.1, 0.15) is 22.9 Å². The molecule has 0 saturated heterocycles.